The third kappa shape index (κ3) is 5.86. The fourth-order valence-corrected chi connectivity index (χ4v) is 3.39. The fraction of sp³-hybridized carbons (Fsp3) is 0.269. The lowest BCUT2D eigenvalue weighted by atomic mass is 10.00. The monoisotopic (exact) mass is 404 g/mol. The lowest BCUT2D eigenvalue weighted by Crippen LogP contribution is -2.01. The molecule has 0 aromatic heterocycles. The number of esters is 1. The molecule has 0 fully saturated rings. The van der Waals surface area contributed by atoms with E-state index in [0.717, 1.165) is 37.2 Å². The molecule has 0 saturated heterocycles. The van der Waals surface area contributed by atoms with E-state index in [0.29, 0.717) is 5.56 Å². The Bertz CT molecular complexity index is 937. The maximum Gasteiger partial charge on any atom is 0.337 e. The van der Waals surface area contributed by atoms with Crippen molar-refractivity contribution < 1.29 is 19.0 Å². The van der Waals surface area contributed by atoms with Crippen molar-refractivity contribution >= 4 is 5.97 Å². The van der Waals surface area contributed by atoms with Gasteiger partial charge in [-0.15, -0.1) is 0 Å². The Morgan fingerprint density at radius 1 is 0.600 bits per heavy atom. The summed E-state index contributed by atoms with van der Waals surface area (Å²) in [7, 11) is 4.74. The van der Waals surface area contributed by atoms with Crippen LogP contribution < -0.4 is 9.47 Å². The molecule has 4 nitrogen and oxygen atoms in total. The molecule has 0 aliphatic rings. The molecule has 0 heterocycles. The molecule has 0 radical (unpaired) electrons. The van der Waals surface area contributed by atoms with E-state index in [-0.39, 0.29) is 5.97 Å². The number of hydrogen-bond acceptors (Lipinski definition) is 4. The molecule has 4 heteroatoms. The number of methoxy groups -OCH3 is 3. The predicted molar refractivity (Wildman–Crippen MR) is 119 cm³/mol. The summed E-state index contributed by atoms with van der Waals surface area (Å²) in [5, 5.41) is 0. The molecule has 0 atom stereocenters. The van der Waals surface area contributed by atoms with E-state index in [1.807, 2.05) is 30.3 Å². The van der Waals surface area contributed by atoms with Crippen molar-refractivity contribution in [3.05, 3.63) is 94.5 Å². The van der Waals surface area contributed by atoms with Gasteiger partial charge in [0.2, 0.25) is 0 Å². The van der Waals surface area contributed by atoms with Gasteiger partial charge < -0.3 is 14.2 Å². The van der Waals surface area contributed by atoms with Crippen molar-refractivity contribution in [2.45, 2.75) is 25.7 Å². The van der Waals surface area contributed by atoms with Gasteiger partial charge in [-0.25, -0.2) is 4.79 Å². The van der Waals surface area contributed by atoms with E-state index >= 15 is 0 Å². The highest BCUT2D eigenvalue weighted by Crippen LogP contribution is 2.23. The van der Waals surface area contributed by atoms with Crippen molar-refractivity contribution in [3.63, 3.8) is 0 Å². The van der Waals surface area contributed by atoms with Crippen LogP contribution in [0.25, 0.3) is 0 Å². The van der Waals surface area contributed by atoms with E-state index in [4.69, 9.17) is 14.2 Å². The number of ether oxygens (including phenoxy) is 3. The van der Waals surface area contributed by atoms with Gasteiger partial charge in [0, 0.05) is 6.07 Å². The van der Waals surface area contributed by atoms with Crippen LogP contribution in [0.3, 0.4) is 0 Å². The largest absolute Gasteiger partial charge is 0.497 e. The molecule has 3 aromatic rings. The molecule has 0 saturated carbocycles. The molecule has 3 aromatic carbocycles. The summed E-state index contributed by atoms with van der Waals surface area (Å²) >= 11 is 0. The average Bonchev–Trinajstić information content (AvgIpc) is 2.81. The van der Waals surface area contributed by atoms with Crippen LogP contribution in [0.5, 0.6) is 11.5 Å². The molecular weight excluding hydrogens is 376 g/mol. The van der Waals surface area contributed by atoms with E-state index in [1.54, 1.807) is 14.2 Å². The summed E-state index contributed by atoms with van der Waals surface area (Å²) in [6, 6.07) is 22.4. The van der Waals surface area contributed by atoms with E-state index in [1.165, 1.54) is 29.4 Å². The summed E-state index contributed by atoms with van der Waals surface area (Å²) < 4.78 is 15.4. The van der Waals surface area contributed by atoms with Crippen molar-refractivity contribution in [2.75, 3.05) is 21.3 Å². The third-order valence-electron chi connectivity index (χ3n) is 5.21. The number of hydrogen-bond donors (Lipinski definition) is 0. The molecule has 0 bridgehead atoms. The number of carbonyl (C=O) groups is 1. The summed E-state index contributed by atoms with van der Waals surface area (Å²) in [4.78, 5) is 11.5. The minimum Gasteiger partial charge on any atom is -0.497 e. The normalized spacial score (nSPS) is 10.5. The average molecular weight is 405 g/mol. The zero-order valence-corrected chi connectivity index (χ0v) is 17.8. The Balaban J connectivity index is 1.53. The Kier molecular flexibility index (Phi) is 7.50. The lowest BCUT2D eigenvalue weighted by molar-refractivity contribution is 0.0600. The summed E-state index contributed by atoms with van der Waals surface area (Å²) in [5.74, 6) is 1.34. The Hall–Kier alpha value is -3.27. The van der Waals surface area contributed by atoms with Gasteiger partial charge in [-0.1, -0.05) is 36.4 Å². The highest BCUT2D eigenvalue weighted by molar-refractivity contribution is 5.89. The highest BCUT2D eigenvalue weighted by atomic mass is 16.5. The first-order valence-corrected chi connectivity index (χ1v) is 10.1. The van der Waals surface area contributed by atoms with Crippen molar-refractivity contribution in [1.82, 2.24) is 0 Å². The van der Waals surface area contributed by atoms with Crippen LogP contribution in [0.4, 0.5) is 0 Å². The third-order valence-corrected chi connectivity index (χ3v) is 5.21. The maximum atomic E-state index is 11.5. The first-order chi connectivity index (χ1) is 14.6. The van der Waals surface area contributed by atoms with Crippen molar-refractivity contribution in [1.29, 1.82) is 0 Å². The van der Waals surface area contributed by atoms with Crippen LogP contribution in [0, 0.1) is 0 Å². The van der Waals surface area contributed by atoms with Gasteiger partial charge in [-0.2, -0.15) is 0 Å². The smallest absolute Gasteiger partial charge is 0.337 e. The topological polar surface area (TPSA) is 44.8 Å². The first kappa shape index (κ1) is 21.4. The minimum atomic E-state index is -0.301. The van der Waals surface area contributed by atoms with Gasteiger partial charge in [-0.3, -0.25) is 0 Å². The van der Waals surface area contributed by atoms with Gasteiger partial charge in [0.15, 0.2) is 0 Å². The Morgan fingerprint density at radius 3 is 1.40 bits per heavy atom. The van der Waals surface area contributed by atoms with Gasteiger partial charge in [0.1, 0.15) is 11.5 Å². The Labute approximate surface area is 178 Å². The van der Waals surface area contributed by atoms with Crippen LogP contribution in [-0.2, 0) is 30.4 Å². The molecule has 0 aliphatic heterocycles. The van der Waals surface area contributed by atoms with E-state index in [2.05, 4.69) is 36.4 Å². The van der Waals surface area contributed by atoms with Crippen LogP contribution >= 0.6 is 0 Å². The predicted octanol–water partition coefficient (Wildman–Crippen LogP) is 5.06. The van der Waals surface area contributed by atoms with Crippen molar-refractivity contribution in [2.24, 2.45) is 0 Å². The van der Waals surface area contributed by atoms with Crippen molar-refractivity contribution in [3.8, 4) is 11.5 Å². The molecule has 0 aliphatic carbocycles. The second-order valence-corrected chi connectivity index (χ2v) is 7.23. The van der Waals surface area contributed by atoms with Gasteiger partial charge in [-0.05, 0) is 72.2 Å². The molecular formula is C26H28O4. The minimum absolute atomic E-state index is 0.301. The van der Waals surface area contributed by atoms with Gasteiger partial charge in [0.05, 0.1) is 26.9 Å². The highest BCUT2D eigenvalue weighted by Gasteiger charge is 2.05. The zero-order valence-electron chi connectivity index (χ0n) is 17.8. The molecule has 30 heavy (non-hydrogen) atoms. The fourth-order valence-electron chi connectivity index (χ4n) is 3.39. The second kappa shape index (κ2) is 10.5. The summed E-state index contributed by atoms with van der Waals surface area (Å²) in [6.07, 6.45) is 3.79. The molecule has 0 N–H and O–H groups in total. The molecule has 3 rings (SSSR count). The SMILES string of the molecule is COC(=O)c1ccc(CCc2ccc(CCc3cc(OC)cc(OC)c3)cc2)cc1. The molecule has 0 amide bonds. The lowest BCUT2D eigenvalue weighted by Gasteiger charge is -2.09. The quantitative estimate of drug-likeness (QED) is 0.468. The van der Waals surface area contributed by atoms with Crippen LogP contribution in [0.15, 0.2) is 66.7 Å². The number of benzene rings is 3. The van der Waals surface area contributed by atoms with Crippen LogP contribution in [0.1, 0.15) is 32.6 Å². The second-order valence-electron chi connectivity index (χ2n) is 7.23. The van der Waals surface area contributed by atoms with Crippen LogP contribution in [0.2, 0.25) is 0 Å². The summed E-state index contributed by atoms with van der Waals surface area (Å²) in [5.41, 5.74) is 5.60. The number of rotatable bonds is 9. The number of carbonyl (C=O) groups excluding carboxylic acids is 1. The molecule has 0 unspecified atom stereocenters. The van der Waals surface area contributed by atoms with E-state index in [9.17, 15) is 4.79 Å². The Morgan fingerprint density at radius 2 is 1.00 bits per heavy atom. The van der Waals surface area contributed by atoms with Crippen LogP contribution in [-0.4, -0.2) is 27.3 Å². The molecule has 156 valence electrons. The van der Waals surface area contributed by atoms with Gasteiger partial charge >= 0.3 is 5.97 Å². The number of aryl methyl sites for hydroxylation is 4. The maximum absolute atomic E-state index is 11.5. The zero-order chi connectivity index (χ0) is 21.3. The first-order valence-electron chi connectivity index (χ1n) is 10.1. The standard InChI is InChI=1S/C26H28O4/c1-28-24-16-22(17-25(18-24)29-2)11-10-20-6-4-19(5-7-20)8-9-21-12-14-23(15-13-21)26(27)30-3/h4-7,12-18H,8-11H2,1-3H3. The van der Waals surface area contributed by atoms with E-state index < -0.39 is 0 Å². The molecule has 0 spiro atoms. The summed E-state index contributed by atoms with van der Waals surface area (Å²) in [6.45, 7) is 0. The van der Waals surface area contributed by atoms with Gasteiger partial charge in [0.25, 0.3) is 0 Å².